The van der Waals surface area contributed by atoms with Crippen LogP contribution in [0.15, 0.2) is 43.0 Å². The standard InChI is InChI=1S/C17H14N6O2S/c18-8-26-12-6-7-25-17(12)23-10-21-13-14(19-9-20-15(13)23)22-16(24)11-4-2-1-3-5-11/h1-5,9-10,12,17H,6-7H2,(H,19,20,22,24)/t12-,17-/m1/s1. The van der Waals surface area contributed by atoms with Gasteiger partial charge in [-0.15, -0.1) is 0 Å². The molecule has 1 fully saturated rings. The number of thioether (sulfide) groups is 1. The molecule has 1 amide bonds. The van der Waals surface area contributed by atoms with E-state index < -0.39 is 0 Å². The van der Waals surface area contributed by atoms with Gasteiger partial charge in [-0.3, -0.25) is 9.36 Å². The van der Waals surface area contributed by atoms with Crippen LogP contribution in [-0.4, -0.2) is 37.3 Å². The third-order valence-electron chi connectivity index (χ3n) is 4.11. The molecule has 0 bridgehead atoms. The predicted molar refractivity (Wildman–Crippen MR) is 96.3 cm³/mol. The molecule has 1 aromatic carbocycles. The number of benzene rings is 1. The van der Waals surface area contributed by atoms with Gasteiger partial charge in [0.1, 0.15) is 18.0 Å². The van der Waals surface area contributed by atoms with Crippen LogP contribution in [0.25, 0.3) is 11.2 Å². The number of carbonyl (C=O) groups is 1. The Kier molecular flexibility index (Phi) is 4.51. The first-order valence-corrected chi connectivity index (χ1v) is 8.86. The Morgan fingerprint density at radius 1 is 1.31 bits per heavy atom. The van der Waals surface area contributed by atoms with Crippen LogP contribution in [0.2, 0.25) is 0 Å². The van der Waals surface area contributed by atoms with Gasteiger partial charge in [-0.2, -0.15) is 5.26 Å². The number of rotatable bonds is 4. The largest absolute Gasteiger partial charge is 0.357 e. The molecule has 0 unspecified atom stereocenters. The van der Waals surface area contributed by atoms with Gasteiger partial charge < -0.3 is 10.1 Å². The molecule has 0 saturated carbocycles. The number of amides is 1. The fraction of sp³-hybridized carbons (Fsp3) is 0.235. The van der Waals surface area contributed by atoms with Crippen LogP contribution in [-0.2, 0) is 4.74 Å². The Morgan fingerprint density at radius 2 is 2.15 bits per heavy atom. The number of nitrogens with one attached hydrogen (secondary N) is 1. The predicted octanol–water partition coefficient (Wildman–Crippen LogP) is 2.58. The number of nitrogens with zero attached hydrogens (tertiary/aromatic N) is 5. The van der Waals surface area contributed by atoms with Crippen molar-refractivity contribution >= 4 is 34.7 Å². The van der Waals surface area contributed by atoms with E-state index in [4.69, 9.17) is 10.00 Å². The molecule has 0 spiro atoms. The third-order valence-corrected chi connectivity index (χ3v) is 4.99. The molecule has 3 aromatic rings. The second kappa shape index (κ2) is 7.11. The summed E-state index contributed by atoms with van der Waals surface area (Å²) in [4.78, 5) is 25.2. The lowest BCUT2D eigenvalue weighted by molar-refractivity contribution is 0.0618. The Hall–Kier alpha value is -2.96. The SMILES string of the molecule is N#CS[C@@H]1CCO[C@H]1n1cnc2c(NC(=O)c3ccccc3)ncnc21. The average molecular weight is 366 g/mol. The number of ether oxygens (including phenoxy) is 1. The summed E-state index contributed by atoms with van der Waals surface area (Å²) in [5.74, 6) is 0.0697. The number of nitriles is 1. The lowest BCUT2D eigenvalue weighted by Gasteiger charge is -2.17. The number of carbonyl (C=O) groups excluding carboxylic acids is 1. The van der Waals surface area contributed by atoms with Crippen molar-refractivity contribution in [2.45, 2.75) is 17.9 Å². The second-order valence-electron chi connectivity index (χ2n) is 5.66. The molecular weight excluding hydrogens is 352 g/mol. The number of aromatic nitrogens is 4. The minimum absolute atomic E-state index is 0.00900. The molecule has 26 heavy (non-hydrogen) atoms. The fourth-order valence-electron chi connectivity index (χ4n) is 2.90. The maximum Gasteiger partial charge on any atom is 0.256 e. The van der Waals surface area contributed by atoms with Gasteiger partial charge in [0.25, 0.3) is 5.91 Å². The molecule has 0 radical (unpaired) electrons. The molecule has 9 heteroatoms. The van der Waals surface area contributed by atoms with Crippen molar-refractivity contribution in [3.63, 3.8) is 0 Å². The Balaban J connectivity index is 1.65. The molecule has 8 nitrogen and oxygen atoms in total. The van der Waals surface area contributed by atoms with Crippen molar-refractivity contribution in [2.24, 2.45) is 0 Å². The molecule has 1 N–H and O–H groups in total. The minimum atomic E-state index is -0.322. The van der Waals surface area contributed by atoms with Gasteiger partial charge >= 0.3 is 0 Å². The average Bonchev–Trinajstić information content (AvgIpc) is 3.30. The molecule has 1 aliphatic heterocycles. The van der Waals surface area contributed by atoms with E-state index in [0.717, 1.165) is 6.42 Å². The van der Waals surface area contributed by atoms with Gasteiger partial charge in [-0.25, -0.2) is 15.0 Å². The highest BCUT2D eigenvalue weighted by Gasteiger charge is 2.32. The topological polar surface area (TPSA) is 106 Å². The van der Waals surface area contributed by atoms with E-state index >= 15 is 0 Å². The quantitative estimate of drug-likeness (QED) is 0.707. The Morgan fingerprint density at radius 3 is 2.96 bits per heavy atom. The number of imidazole rings is 1. The molecule has 2 atom stereocenters. The number of fused-ring (bicyclic) bond motifs is 1. The lowest BCUT2D eigenvalue weighted by Crippen LogP contribution is -2.17. The molecule has 4 rings (SSSR count). The fourth-order valence-corrected chi connectivity index (χ4v) is 3.57. The summed E-state index contributed by atoms with van der Waals surface area (Å²) in [7, 11) is 0. The van der Waals surface area contributed by atoms with Gasteiger partial charge in [-0.05, 0) is 30.3 Å². The van der Waals surface area contributed by atoms with Crippen LogP contribution >= 0.6 is 11.8 Å². The molecule has 2 aromatic heterocycles. The lowest BCUT2D eigenvalue weighted by atomic mass is 10.2. The van der Waals surface area contributed by atoms with E-state index in [1.54, 1.807) is 35.2 Å². The normalized spacial score (nSPS) is 19.3. The summed E-state index contributed by atoms with van der Waals surface area (Å²) in [5.41, 5.74) is 1.56. The van der Waals surface area contributed by atoms with Crippen LogP contribution in [0.3, 0.4) is 0 Å². The number of hydrogen-bond acceptors (Lipinski definition) is 7. The minimum Gasteiger partial charge on any atom is -0.357 e. The van der Waals surface area contributed by atoms with Gasteiger partial charge in [0.15, 0.2) is 17.0 Å². The highest BCUT2D eigenvalue weighted by molar-refractivity contribution is 8.04. The Labute approximate surface area is 153 Å². The number of anilines is 1. The molecule has 130 valence electrons. The van der Waals surface area contributed by atoms with E-state index in [9.17, 15) is 4.79 Å². The first-order valence-electron chi connectivity index (χ1n) is 7.98. The maximum absolute atomic E-state index is 12.4. The summed E-state index contributed by atoms with van der Waals surface area (Å²) in [5, 5.41) is 13.9. The Bertz CT molecular complexity index is 984. The van der Waals surface area contributed by atoms with Crippen molar-refractivity contribution < 1.29 is 9.53 Å². The van der Waals surface area contributed by atoms with Crippen molar-refractivity contribution in [3.8, 4) is 5.40 Å². The van der Waals surface area contributed by atoms with Crippen molar-refractivity contribution in [3.05, 3.63) is 48.5 Å². The van der Waals surface area contributed by atoms with Crippen LogP contribution in [0.5, 0.6) is 0 Å². The van der Waals surface area contributed by atoms with Gasteiger partial charge in [0, 0.05) is 5.56 Å². The van der Waals surface area contributed by atoms with Crippen LogP contribution in [0.4, 0.5) is 5.82 Å². The number of hydrogen-bond donors (Lipinski definition) is 1. The van der Waals surface area contributed by atoms with Gasteiger partial charge in [0.2, 0.25) is 0 Å². The second-order valence-corrected chi connectivity index (χ2v) is 6.69. The van der Waals surface area contributed by atoms with Gasteiger partial charge in [0.05, 0.1) is 18.2 Å². The van der Waals surface area contributed by atoms with Crippen LogP contribution in [0, 0.1) is 10.7 Å². The molecule has 3 heterocycles. The smallest absolute Gasteiger partial charge is 0.256 e. The highest BCUT2D eigenvalue weighted by atomic mass is 32.2. The van der Waals surface area contributed by atoms with Crippen LogP contribution < -0.4 is 5.32 Å². The van der Waals surface area contributed by atoms with E-state index in [1.807, 2.05) is 6.07 Å². The summed E-state index contributed by atoms with van der Waals surface area (Å²) in [6.45, 7) is 0.576. The summed E-state index contributed by atoms with van der Waals surface area (Å²) < 4.78 is 7.55. The molecular formula is C17H14N6O2S. The van der Waals surface area contributed by atoms with Gasteiger partial charge in [-0.1, -0.05) is 18.2 Å². The summed E-state index contributed by atoms with van der Waals surface area (Å²) in [6, 6.07) is 8.89. The maximum atomic E-state index is 12.4. The molecule has 1 saturated heterocycles. The van der Waals surface area contributed by atoms with E-state index in [-0.39, 0.29) is 17.4 Å². The molecule has 0 aliphatic carbocycles. The highest BCUT2D eigenvalue weighted by Crippen LogP contribution is 2.35. The third kappa shape index (κ3) is 3.00. The zero-order chi connectivity index (χ0) is 17.9. The van der Waals surface area contributed by atoms with Crippen molar-refractivity contribution in [1.29, 1.82) is 5.26 Å². The summed E-state index contributed by atoms with van der Waals surface area (Å²) in [6.07, 6.45) is 3.45. The zero-order valence-corrected chi connectivity index (χ0v) is 14.4. The van der Waals surface area contributed by atoms with E-state index in [2.05, 4.69) is 25.7 Å². The first kappa shape index (κ1) is 16.5. The molecule has 1 aliphatic rings. The van der Waals surface area contributed by atoms with Crippen LogP contribution in [0.1, 0.15) is 23.0 Å². The van der Waals surface area contributed by atoms with Crippen molar-refractivity contribution in [1.82, 2.24) is 19.5 Å². The van der Waals surface area contributed by atoms with E-state index in [1.165, 1.54) is 18.1 Å². The van der Waals surface area contributed by atoms with E-state index in [0.29, 0.717) is 29.2 Å². The van der Waals surface area contributed by atoms with Crippen molar-refractivity contribution in [2.75, 3.05) is 11.9 Å². The first-order chi connectivity index (χ1) is 12.8. The number of thiocyanates is 1. The monoisotopic (exact) mass is 366 g/mol. The summed E-state index contributed by atoms with van der Waals surface area (Å²) >= 11 is 1.18. The zero-order valence-electron chi connectivity index (χ0n) is 13.6.